The second kappa shape index (κ2) is 4.77. The normalized spacial score (nSPS) is 20.4. The van der Waals surface area contributed by atoms with E-state index in [0.717, 1.165) is 0 Å². The molecule has 7 heteroatoms. The molecule has 23 heavy (non-hydrogen) atoms. The SMILES string of the molecule is CC(C)(C)n1nc2ncc(B3OC(C)(C)C(C)(C)O3)cc2c1F. The van der Waals surface area contributed by atoms with Crippen molar-refractivity contribution in [1.82, 2.24) is 14.8 Å². The highest BCUT2D eigenvalue weighted by Gasteiger charge is 2.51. The van der Waals surface area contributed by atoms with E-state index in [1.807, 2.05) is 48.5 Å². The van der Waals surface area contributed by atoms with Crippen molar-refractivity contribution in [3.05, 3.63) is 18.2 Å². The molecule has 0 atom stereocenters. The Bertz CT molecular complexity index is 749. The Morgan fingerprint density at radius 2 is 1.70 bits per heavy atom. The van der Waals surface area contributed by atoms with Gasteiger partial charge in [0.25, 0.3) is 0 Å². The highest BCUT2D eigenvalue weighted by Crippen LogP contribution is 2.36. The van der Waals surface area contributed by atoms with Crippen molar-refractivity contribution in [2.45, 2.75) is 65.2 Å². The van der Waals surface area contributed by atoms with Gasteiger partial charge in [-0.3, -0.25) is 0 Å². The van der Waals surface area contributed by atoms with Crippen molar-refractivity contribution in [1.29, 1.82) is 0 Å². The molecule has 1 aliphatic heterocycles. The van der Waals surface area contributed by atoms with Gasteiger partial charge in [-0.15, -0.1) is 5.10 Å². The fraction of sp³-hybridized carbons (Fsp3) is 0.625. The van der Waals surface area contributed by atoms with Gasteiger partial charge in [0.1, 0.15) is 0 Å². The first-order valence-electron chi connectivity index (χ1n) is 7.83. The Morgan fingerprint density at radius 3 is 2.22 bits per heavy atom. The second-order valence-electron chi connectivity index (χ2n) is 8.10. The minimum absolute atomic E-state index is 0.382. The number of pyridine rings is 1. The summed E-state index contributed by atoms with van der Waals surface area (Å²) in [5, 5.41) is 4.64. The smallest absolute Gasteiger partial charge is 0.399 e. The molecule has 5 nitrogen and oxygen atoms in total. The van der Waals surface area contributed by atoms with E-state index in [1.165, 1.54) is 4.68 Å². The van der Waals surface area contributed by atoms with E-state index in [9.17, 15) is 4.39 Å². The highest BCUT2D eigenvalue weighted by molar-refractivity contribution is 6.62. The molecule has 0 spiro atoms. The van der Waals surface area contributed by atoms with Crippen molar-refractivity contribution < 1.29 is 13.7 Å². The topological polar surface area (TPSA) is 49.2 Å². The summed E-state index contributed by atoms with van der Waals surface area (Å²) in [6, 6.07) is 1.72. The van der Waals surface area contributed by atoms with E-state index in [1.54, 1.807) is 12.3 Å². The monoisotopic (exact) mass is 319 g/mol. The lowest BCUT2D eigenvalue weighted by atomic mass is 9.80. The van der Waals surface area contributed by atoms with Gasteiger partial charge in [-0.05, 0) is 54.5 Å². The summed E-state index contributed by atoms with van der Waals surface area (Å²) < 4.78 is 28.0. The summed E-state index contributed by atoms with van der Waals surface area (Å²) in [4.78, 5) is 4.28. The molecule has 0 aliphatic carbocycles. The number of aromatic nitrogens is 3. The maximum absolute atomic E-state index is 14.7. The molecule has 2 aromatic heterocycles. The van der Waals surface area contributed by atoms with Crippen molar-refractivity contribution in [3.8, 4) is 0 Å². The summed E-state index contributed by atoms with van der Waals surface area (Å²) in [5.41, 5.74) is -0.252. The molecule has 1 fully saturated rings. The first kappa shape index (κ1) is 16.4. The van der Waals surface area contributed by atoms with Crippen LogP contribution in [0, 0.1) is 5.95 Å². The van der Waals surface area contributed by atoms with Crippen LogP contribution in [0.2, 0.25) is 0 Å². The van der Waals surface area contributed by atoms with Gasteiger partial charge in [0.05, 0.1) is 22.1 Å². The maximum atomic E-state index is 14.7. The minimum Gasteiger partial charge on any atom is -0.399 e. The van der Waals surface area contributed by atoms with Gasteiger partial charge in [0.15, 0.2) is 5.65 Å². The minimum atomic E-state index is -0.561. The predicted octanol–water partition coefficient (Wildman–Crippen LogP) is 2.62. The third-order valence-corrected chi connectivity index (χ3v) is 4.65. The summed E-state index contributed by atoms with van der Waals surface area (Å²) in [6.45, 7) is 13.6. The van der Waals surface area contributed by atoms with Crippen LogP contribution >= 0.6 is 0 Å². The number of hydrogen-bond donors (Lipinski definition) is 0. The van der Waals surface area contributed by atoms with Crippen LogP contribution in [0.4, 0.5) is 4.39 Å². The molecule has 1 aliphatic rings. The number of nitrogens with zero attached hydrogens (tertiary/aromatic N) is 3. The lowest BCUT2D eigenvalue weighted by molar-refractivity contribution is 0.00578. The molecular formula is C16H23BFN3O2. The van der Waals surface area contributed by atoms with Crippen LogP contribution in [-0.4, -0.2) is 33.1 Å². The molecule has 124 valence electrons. The van der Waals surface area contributed by atoms with Gasteiger partial charge < -0.3 is 9.31 Å². The van der Waals surface area contributed by atoms with Gasteiger partial charge >= 0.3 is 7.12 Å². The van der Waals surface area contributed by atoms with E-state index in [0.29, 0.717) is 16.5 Å². The largest absolute Gasteiger partial charge is 0.496 e. The van der Waals surface area contributed by atoms with Crippen LogP contribution in [0.15, 0.2) is 12.3 Å². The fourth-order valence-electron chi connectivity index (χ4n) is 2.51. The summed E-state index contributed by atoms with van der Waals surface area (Å²) in [6.07, 6.45) is 1.64. The van der Waals surface area contributed by atoms with Crippen LogP contribution in [0.5, 0.6) is 0 Å². The standard InChI is InChI=1S/C16H23BFN3O2/c1-14(2,3)21-12(18)11-8-10(9-19-13(11)20-21)17-22-15(4,5)16(6,7)23-17/h8-9H,1-7H3. The van der Waals surface area contributed by atoms with Gasteiger partial charge in [0.2, 0.25) is 5.95 Å². The molecule has 3 heterocycles. The molecule has 2 aromatic rings. The third kappa shape index (κ3) is 2.56. The fourth-order valence-corrected chi connectivity index (χ4v) is 2.51. The van der Waals surface area contributed by atoms with E-state index in [-0.39, 0.29) is 0 Å². The third-order valence-electron chi connectivity index (χ3n) is 4.65. The number of fused-ring (bicyclic) bond motifs is 1. The molecule has 1 saturated heterocycles. The first-order chi connectivity index (χ1) is 10.4. The van der Waals surface area contributed by atoms with Crippen LogP contribution in [0.1, 0.15) is 48.5 Å². The molecule has 0 radical (unpaired) electrons. The number of hydrogen-bond acceptors (Lipinski definition) is 4. The Labute approximate surface area is 136 Å². The summed E-state index contributed by atoms with van der Waals surface area (Å²) >= 11 is 0. The number of rotatable bonds is 1. The molecule has 0 saturated carbocycles. The molecular weight excluding hydrogens is 296 g/mol. The maximum Gasteiger partial charge on any atom is 0.496 e. The van der Waals surface area contributed by atoms with Gasteiger partial charge in [-0.2, -0.15) is 4.39 Å². The lowest BCUT2D eigenvalue weighted by Gasteiger charge is -2.32. The Balaban J connectivity index is 2.03. The molecule has 0 N–H and O–H groups in total. The number of halogens is 1. The molecule has 0 unspecified atom stereocenters. The van der Waals surface area contributed by atoms with E-state index < -0.39 is 29.8 Å². The molecule has 0 bridgehead atoms. The van der Waals surface area contributed by atoms with Crippen LogP contribution in [0.3, 0.4) is 0 Å². The zero-order chi connectivity index (χ0) is 17.2. The lowest BCUT2D eigenvalue weighted by Crippen LogP contribution is -2.41. The van der Waals surface area contributed by atoms with E-state index >= 15 is 0 Å². The van der Waals surface area contributed by atoms with Crippen molar-refractivity contribution in [3.63, 3.8) is 0 Å². The highest BCUT2D eigenvalue weighted by atomic mass is 19.1. The van der Waals surface area contributed by atoms with Crippen molar-refractivity contribution in [2.75, 3.05) is 0 Å². The zero-order valence-electron chi connectivity index (χ0n) is 14.8. The van der Waals surface area contributed by atoms with Gasteiger partial charge in [-0.1, -0.05) is 0 Å². The molecule has 0 amide bonds. The average Bonchev–Trinajstić information content (AvgIpc) is 2.84. The average molecular weight is 319 g/mol. The van der Waals surface area contributed by atoms with Crippen molar-refractivity contribution in [2.24, 2.45) is 0 Å². The summed E-state index contributed by atoms with van der Waals surface area (Å²) in [7, 11) is -0.561. The molecule has 0 aromatic carbocycles. The van der Waals surface area contributed by atoms with Gasteiger partial charge in [0, 0.05) is 11.7 Å². The summed E-state index contributed by atoms with van der Waals surface area (Å²) in [5.74, 6) is -0.390. The Hall–Kier alpha value is -1.47. The van der Waals surface area contributed by atoms with Crippen LogP contribution in [0.25, 0.3) is 11.0 Å². The first-order valence-corrected chi connectivity index (χ1v) is 7.83. The second-order valence-corrected chi connectivity index (χ2v) is 8.10. The Kier molecular flexibility index (Phi) is 3.40. The predicted molar refractivity (Wildman–Crippen MR) is 88.2 cm³/mol. The van der Waals surface area contributed by atoms with Crippen LogP contribution < -0.4 is 5.46 Å². The van der Waals surface area contributed by atoms with Crippen molar-refractivity contribution >= 4 is 23.6 Å². The quantitative estimate of drug-likeness (QED) is 0.758. The Morgan fingerprint density at radius 1 is 1.13 bits per heavy atom. The van der Waals surface area contributed by atoms with E-state index in [2.05, 4.69) is 10.1 Å². The van der Waals surface area contributed by atoms with Gasteiger partial charge in [-0.25, -0.2) is 9.67 Å². The van der Waals surface area contributed by atoms with E-state index in [4.69, 9.17) is 9.31 Å². The zero-order valence-corrected chi connectivity index (χ0v) is 14.8. The van der Waals surface area contributed by atoms with Crippen LogP contribution in [-0.2, 0) is 14.8 Å². The molecule has 3 rings (SSSR count).